The molecule has 1 aliphatic carbocycles. The Labute approximate surface area is 200 Å². The highest BCUT2D eigenvalue weighted by Gasteiger charge is 2.28. The molecule has 6 nitrogen and oxygen atoms in total. The zero-order valence-corrected chi connectivity index (χ0v) is 19.5. The first kappa shape index (κ1) is 22.8. The Morgan fingerprint density at radius 1 is 1.09 bits per heavy atom. The number of carbonyl (C=O) groups excluding carboxylic acids is 1. The Bertz CT molecular complexity index is 1330. The topological polar surface area (TPSA) is 57.6 Å². The van der Waals surface area contributed by atoms with E-state index in [-0.39, 0.29) is 27.7 Å². The van der Waals surface area contributed by atoms with E-state index in [1.165, 1.54) is 18.2 Å². The summed E-state index contributed by atoms with van der Waals surface area (Å²) >= 11 is 5.80. The van der Waals surface area contributed by atoms with Gasteiger partial charge < -0.3 is 19.7 Å². The van der Waals surface area contributed by atoms with Crippen LogP contribution in [0.1, 0.15) is 36.2 Å². The molecule has 178 valence electrons. The number of fused-ring (bicyclic) bond motifs is 1. The minimum absolute atomic E-state index is 0.0939. The summed E-state index contributed by atoms with van der Waals surface area (Å²) in [5.74, 6) is -1.73. The van der Waals surface area contributed by atoms with Crippen LogP contribution in [0.25, 0.3) is 10.9 Å². The first-order chi connectivity index (χ1) is 16.4. The van der Waals surface area contributed by atoms with Crippen LogP contribution in [0.2, 0.25) is 5.02 Å². The molecular weight excluding hydrogens is 462 g/mol. The van der Waals surface area contributed by atoms with Crippen LogP contribution in [-0.2, 0) is 0 Å². The van der Waals surface area contributed by atoms with Gasteiger partial charge >= 0.3 is 0 Å². The number of pyridine rings is 1. The monoisotopic (exact) mass is 486 g/mol. The van der Waals surface area contributed by atoms with Gasteiger partial charge in [0.25, 0.3) is 5.91 Å². The van der Waals surface area contributed by atoms with Crippen LogP contribution in [0.4, 0.5) is 20.2 Å². The molecule has 1 aromatic heterocycles. The number of anilines is 2. The Balaban J connectivity index is 1.54. The lowest BCUT2D eigenvalue weighted by Crippen LogP contribution is -2.46. The van der Waals surface area contributed by atoms with E-state index in [0.29, 0.717) is 24.3 Å². The lowest BCUT2D eigenvalue weighted by Gasteiger charge is -2.35. The van der Waals surface area contributed by atoms with Gasteiger partial charge in [-0.05, 0) is 49.7 Å². The molecule has 2 fully saturated rings. The largest absolute Gasteiger partial charge is 0.367 e. The SMILES string of the molecule is CCN1CCN(c2cc3c(cc2F)c(=O)c(C(=O)Nc2ccc(F)c(Cl)c2)cn3C2CC2)CC1. The molecule has 5 rings (SSSR count). The molecule has 0 atom stereocenters. The van der Waals surface area contributed by atoms with Crippen molar-refractivity contribution in [3.8, 4) is 0 Å². The Morgan fingerprint density at radius 2 is 1.82 bits per heavy atom. The van der Waals surface area contributed by atoms with Gasteiger partial charge in [-0.3, -0.25) is 9.59 Å². The second kappa shape index (κ2) is 9.00. The summed E-state index contributed by atoms with van der Waals surface area (Å²) in [7, 11) is 0. The summed E-state index contributed by atoms with van der Waals surface area (Å²) in [5, 5.41) is 2.63. The van der Waals surface area contributed by atoms with E-state index in [4.69, 9.17) is 11.6 Å². The summed E-state index contributed by atoms with van der Waals surface area (Å²) < 4.78 is 30.6. The van der Waals surface area contributed by atoms with Crippen molar-refractivity contribution >= 4 is 39.8 Å². The molecule has 9 heteroatoms. The molecule has 3 aromatic rings. The summed E-state index contributed by atoms with van der Waals surface area (Å²) in [5.41, 5.74) is 0.738. The van der Waals surface area contributed by atoms with Crippen LogP contribution in [-0.4, -0.2) is 48.1 Å². The molecule has 2 aromatic carbocycles. The number of hydrogen-bond acceptors (Lipinski definition) is 4. The third-order valence-electron chi connectivity index (χ3n) is 6.62. The second-order valence-electron chi connectivity index (χ2n) is 8.84. The average Bonchev–Trinajstić information content (AvgIpc) is 3.67. The van der Waals surface area contributed by atoms with E-state index in [2.05, 4.69) is 17.1 Å². The predicted molar refractivity (Wildman–Crippen MR) is 130 cm³/mol. The summed E-state index contributed by atoms with van der Waals surface area (Å²) in [6.45, 7) is 6.21. The maximum absolute atomic E-state index is 15.2. The number of amides is 1. The quantitative estimate of drug-likeness (QED) is 0.570. The maximum Gasteiger partial charge on any atom is 0.261 e. The molecule has 0 unspecified atom stereocenters. The van der Waals surface area contributed by atoms with Gasteiger partial charge in [-0.2, -0.15) is 0 Å². The molecule has 1 saturated heterocycles. The van der Waals surface area contributed by atoms with E-state index in [0.717, 1.165) is 38.5 Å². The molecule has 2 heterocycles. The number of halogens is 3. The van der Waals surface area contributed by atoms with E-state index >= 15 is 4.39 Å². The second-order valence-corrected chi connectivity index (χ2v) is 9.24. The van der Waals surface area contributed by atoms with Crippen molar-refractivity contribution in [2.75, 3.05) is 42.9 Å². The molecule has 1 amide bonds. The molecule has 34 heavy (non-hydrogen) atoms. The highest BCUT2D eigenvalue weighted by atomic mass is 35.5. The van der Waals surface area contributed by atoms with Gasteiger partial charge in [-0.15, -0.1) is 0 Å². The number of benzene rings is 2. The van der Waals surface area contributed by atoms with Crippen molar-refractivity contribution in [3.63, 3.8) is 0 Å². The van der Waals surface area contributed by atoms with Crippen molar-refractivity contribution in [3.05, 3.63) is 69.0 Å². The summed E-state index contributed by atoms with van der Waals surface area (Å²) in [4.78, 5) is 30.5. The molecule has 0 spiro atoms. The van der Waals surface area contributed by atoms with Gasteiger partial charge in [-0.25, -0.2) is 8.78 Å². The van der Waals surface area contributed by atoms with Crippen LogP contribution in [0.5, 0.6) is 0 Å². The number of carbonyl (C=O) groups is 1. The fourth-order valence-electron chi connectivity index (χ4n) is 4.49. The smallest absolute Gasteiger partial charge is 0.261 e. The van der Waals surface area contributed by atoms with Gasteiger partial charge in [-0.1, -0.05) is 18.5 Å². The number of likely N-dealkylation sites (N-methyl/N-ethyl adjacent to an activating group) is 1. The number of rotatable bonds is 5. The van der Waals surface area contributed by atoms with Crippen molar-refractivity contribution in [1.29, 1.82) is 0 Å². The molecule has 0 radical (unpaired) electrons. The molecule has 1 N–H and O–H groups in total. The molecule has 1 saturated carbocycles. The summed E-state index contributed by atoms with van der Waals surface area (Å²) in [6.07, 6.45) is 3.41. The zero-order valence-electron chi connectivity index (χ0n) is 18.8. The van der Waals surface area contributed by atoms with Crippen molar-refractivity contribution in [2.24, 2.45) is 0 Å². The lowest BCUT2D eigenvalue weighted by atomic mass is 10.1. The normalized spacial score (nSPS) is 16.8. The van der Waals surface area contributed by atoms with Crippen LogP contribution in [0.15, 0.2) is 41.3 Å². The number of aromatic nitrogens is 1. The number of nitrogens with one attached hydrogen (secondary N) is 1. The third kappa shape index (κ3) is 4.28. The Kier molecular flexibility index (Phi) is 6.04. The average molecular weight is 487 g/mol. The van der Waals surface area contributed by atoms with E-state index in [1.807, 2.05) is 9.47 Å². The predicted octanol–water partition coefficient (Wildman–Crippen LogP) is 4.66. The van der Waals surface area contributed by atoms with E-state index in [1.54, 1.807) is 12.3 Å². The van der Waals surface area contributed by atoms with Crippen LogP contribution in [0, 0.1) is 11.6 Å². The van der Waals surface area contributed by atoms with Crippen LogP contribution in [0.3, 0.4) is 0 Å². The van der Waals surface area contributed by atoms with Crippen molar-refractivity contribution in [2.45, 2.75) is 25.8 Å². The van der Waals surface area contributed by atoms with E-state index in [9.17, 15) is 14.0 Å². The molecule has 2 aliphatic rings. The minimum atomic E-state index is -0.649. The van der Waals surface area contributed by atoms with Gasteiger partial charge in [0.2, 0.25) is 5.43 Å². The Morgan fingerprint density at radius 3 is 2.47 bits per heavy atom. The lowest BCUT2D eigenvalue weighted by molar-refractivity contribution is 0.102. The summed E-state index contributed by atoms with van der Waals surface area (Å²) in [6, 6.07) is 6.93. The standard InChI is InChI=1S/C25H25ClF2N4O2/c1-2-30-7-9-31(10-8-30)23-13-22-17(12-21(23)28)24(33)18(14-32(22)16-4-5-16)25(34)29-15-3-6-20(27)19(26)11-15/h3,6,11-14,16H,2,4-5,7-10H2,1H3,(H,29,34). The highest BCUT2D eigenvalue weighted by molar-refractivity contribution is 6.31. The van der Waals surface area contributed by atoms with Gasteiger partial charge in [0.1, 0.15) is 17.2 Å². The van der Waals surface area contributed by atoms with Gasteiger partial charge in [0.05, 0.1) is 16.2 Å². The number of nitrogens with zero attached hydrogens (tertiary/aromatic N) is 3. The Hall–Kier alpha value is -2.97. The van der Waals surface area contributed by atoms with E-state index < -0.39 is 23.0 Å². The fourth-order valence-corrected chi connectivity index (χ4v) is 4.68. The van der Waals surface area contributed by atoms with Crippen molar-refractivity contribution in [1.82, 2.24) is 9.47 Å². The van der Waals surface area contributed by atoms with Crippen molar-refractivity contribution < 1.29 is 13.6 Å². The number of hydrogen-bond donors (Lipinski definition) is 1. The third-order valence-corrected chi connectivity index (χ3v) is 6.91. The van der Waals surface area contributed by atoms with Gasteiger partial charge in [0.15, 0.2) is 0 Å². The first-order valence-corrected chi connectivity index (χ1v) is 11.9. The number of piperazine rings is 1. The van der Waals surface area contributed by atoms with Crippen LogP contribution < -0.4 is 15.6 Å². The maximum atomic E-state index is 15.2. The zero-order chi connectivity index (χ0) is 24.0. The fraction of sp³-hybridized carbons (Fsp3) is 0.360. The minimum Gasteiger partial charge on any atom is -0.367 e. The molecular formula is C25H25ClF2N4O2. The molecule has 1 aliphatic heterocycles. The van der Waals surface area contributed by atoms with Gasteiger partial charge in [0, 0.05) is 49.5 Å². The first-order valence-electron chi connectivity index (χ1n) is 11.5. The van der Waals surface area contributed by atoms with Crippen LogP contribution >= 0.6 is 11.6 Å². The highest BCUT2D eigenvalue weighted by Crippen LogP contribution is 2.38. The molecule has 0 bridgehead atoms.